The van der Waals surface area contributed by atoms with Crippen LogP contribution < -0.4 is 14.2 Å². The van der Waals surface area contributed by atoms with Crippen LogP contribution in [0.3, 0.4) is 0 Å². The molecule has 2 aromatic rings. The number of nitrogens with zero attached hydrogens (tertiary/aromatic N) is 1. The van der Waals surface area contributed by atoms with E-state index in [4.69, 9.17) is 9.47 Å². The van der Waals surface area contributed by atoms with Crippen molar-refractivity contribution in [1.29, 1.82) is 0 Å². The summed E-state index contributed by atoms with van der Waals surface area (Å²) in [6.07, 6.45) is -4.78. The number of carbonyl (C=O) groups is 1. The van der Waals surface area contributed by atoms with Gasteiger partial charge in [0.2, 0.25) is 5.91 Å². The van der Waals surface area contributed by atoms with Gasteiger partial charge in [0.1, 0.15) is 28.4 Å². The molecule has 0 bridgehead atoms. The molecule has 1 aliphatic heterocycles. The summed E-state index contributed by atoms with van der Waals surface area (Å²) in [6.45, 7) is 0.0947. The average molecular weight is 431 g/mol. The number of hydrogen-bond donors (Lipinski definition) is 0. The Bertz CT molecular complexity index is 889. The number of amides is 1. The van der Waals surface area contributed by atoms with Gasteiger partial charge in [-0.25, -0.2) is 4.39 Å². The lowest BCUT2D eigenvalue weighted by Crippen LogP contribution is -2.28. The molecule has 0 aliphatic carbocycles. The lowest BCUT2D eigenvalue weighted by Gasteiger charge is -2.26. The standard InChI is InChI=1S/C19H17F4NO4S/c1-26-13-7-14(20)17(15(8-13)27-2)18-24(16(25)10-29-18)9-11-3-5-12(6-4-11)28-19(21,22)23/h3-8,18H,9-10H2,1-2H3. The topological polar surface area (TPSA) is 48.0 Å². The Labute approximate surface area is 168 Å². The maximum Gasteiger partial charge on any atom is 0.573 e. The first-order valence-electron chi connectivity index (χ1n) is 8.39. The first-order valence-corrected chi connectivity index (χ1v) is 9.44. The zero-order chi connectivity index (χ0) is 21.2. The van der Waals surface area contributed by atoms with Crippen LogP contribution in [-0.4, -0.2) is 37.1 Å². The second-order valence-corrected chi connectivity index (χ2v) is 7.17. The van der Waals surface area contributed by atoms with Crippen LogP contribution in [0.1, 0.15) is 16.5 Å². The summed E-state index contributed by atoms with van der Waals surface area (Å²) >= 11 is 1.24. The van der Waals surface area contributed by atoms with Crippen LogP contribution in [0.15, 0.2) is 36.4 Å². The van der Waals surface area contributed by atoms with E-state index in [0.29, 0.717) is 5.56 Å². The van der Waals surface area contributed by atoms with Crippen molar-refractivity contribution in [2.45, 2.75) is 18.3 Å². The smallest absolute Gasteiger partial charge is 0.497 e. The molecule has 156 valence electrons. The van der Waals surface area contributed by atoms with Crippen LogP contribution in [0, 0.1) is 5.82 Å². The average Bonchev–Trinajstić information content (AvgIpc) is 3.01. The number of ether oxygens (including phenoxy) is 3. The predicted octanol–water partition coefficient (Wildman–Crippen LogP) is 4.52. The van der Waals surface area contributed by atoms with Crippen LogP contribution in [0.5, 0.6) is 17.2 Å². The van der Waals surface area contributed by atoms with E-state index in [1.807, 2.05) is 0 Å². The number of thioether (sulfide) groups is 1. The summed E-state index contributed by atoms with van der Waals surface area (Å²) in [5, 5.41) is -0.644. The molecular formula is C19H17F4NO4S. The fraction of sp³-hybridized carbons (Fsp3) is 0.316. The highest BCUT2D eigenvalue weighted by atomic mass is 32.2. The second kappa shape index (κ2) is 8.40. The Kier molecular flexibility index (Phi) is 6.11. The molecule has 0 spiro atoms. The van der Waals surface area contributed by atoms with Crippen LogP contribution in [0.25, 0.3) is 0 Å². The van der Waals surface area contributed by atoms with Gasteiger partial charge in [0.25, 0.3) is 0 Å². The van der Waals surface area contributed by atoms with E-state index in [1.54, 1.807) is 0 Å². The van der Waals surface area contributed by atoms with Gasteiger partial charge in [0.15, 0.2) is 0 Å². The Morgan fingerprint density at radius 2 is 1.79 bits per heavy atom. The molecular weight excluding hydrogens is 414 g/mol. The Hall–Kier alpha value is -2.62. The minimum Gasteiger partial charge on any atom is -0.497 e. The van der Waals surface area contributed by atoms with E-state index in [1.165, 1.54) is 67.3 Å². The molecule has 5 nitrogen and oxygen atoms in total. The minimum absolute atomic E-state index is 0.0947. The van der Waals surface area contributed by atoms with Crippen molar-refractivity contribution in [2.24, 2.45) is 0 Å². The zero-order valence-electron chi connectivity index (χ0n) is 15.5. The Balaban J connectivity index is 1.85. The van der Waals surface area contributed by atoms with E-state index >= 15 is 0 Å². The van der Waals surface area contributed by atoms with Gasteiger partial charge in [0.05, 0.1) is 25.5 Å². The second-order valence-electron chi connectivity index (χ2n) is 6.10. The largest absolute Gasteiger partial charge is 0.573 e. The lowest BCUT2D eigenvalue weighted by molar-refractivity contribution is -0.274. The molecule has 0 N–H and O–H groups in total. The number of hydrogen-bond acceptors (Lipinski definition) is 5. The summed E-state index contributed by atoms with van der Waals surface area (Å²) in [6, 6.07) is 7.93. The molecule has 1 heterocycles. The molecule has 10 heteroatoms. The van der Waals surface area contributed by atoms with Gasteiger partial charge < -0.3 is 19.1 Å². The highest BCUT2D eigenvalue weighted by molar-refractivity contribution is 8.00. The number of benzene rings is 2. The fourth-order valence-electron chi connectivity index (χ4n) is 2.95. The number of alkyl halides is 3. The van der Waals surface area contributed by atoms with Crippen molar-refractivity contribution >= 4 is 17.7 Å². The summed E-state index contributed by atoms with van der Waals surface area (Å²) in [7, 11) is 2.79. The van der Waals surface area contributed by atoms with Crippen molar-refractivity contribution in [2.75, 3.05) is 20.0 Å². The lowest BCUT2D eigenvalue weighted by atomic mass is 10.1. The van der Waals surface area contributed by atoms with Gasteiger partial charge in [0, 0.05) is 18.7 Å². The molecule has 1 amide bonds. The SMILES string of the molecule is COc1cc(F)c(C2SCC(=O)N2Cc2ccc(OC(F)(F)F)cc2)c(OC)c1. The molecule has 1 saturated heterocycles. The molecule has 0 radical (unpaired) electrons. The van der Waals surface area contributed by atoms with Gasteiger partial charge in [-0.05, 0) is 17.7 Å². The zero-order valence-corrected chi connectivity index (χ0v) is 16.3. The van der Waals surface area contributed by atoms with E-state index < -0.39 is 17.6 Å². The molecule has 2 aromatic carbocycles. The number of carbonyl (C=O) groups excluding carboxylic acids is 1. The first-order chi connectivity index (χ1) is 13.7. The van der Waals surface area contributed by atoms with Gasteiger partial charge >= 0.3 is 6.36 Å². The van der Waals surface area contributed by atoms with E-state index in [2.05, 4.69) is 4.74 Å². The van der Waals surface area contributed by atoms with E-state index in [9.17, 15) is 22.4 Å². The highest BCUT2D eigenvalue weighted by Gasteiger charge is 2.37. The van der Waals surface area contributed by atoms with Crippen molar-refractivity contribution in [3.05, 3.63) is 53.3 Å². The summed E-state index contributed by atoms with van der Waals surface area (Å²) in [4.78, 5) is 13.9. The van der Waals surface area contributed by atoms with Crippen LogP contribution >= 0.6 is 11.8 Å². The van der Waals surface area contributed by atoms with E-state index in [0.717, 1.165) is 0 Å². The Morgan fingerprint density at radius 1 is 1.10 bits per heavy atom. The normalized spacial score (nSPS) is 16.8. The van der Waals surface area contributed by atoms with Gasteiger partial charge in [-0.1, -0.05) is 12.1 Å². The van der Waals surface area contributed by atoms with Crippen LogP contribution in [0.2, 0.25) is 0 Å². The predicted molar refractivity (Wildman–Crippen MR) is 98.4 cm³/mol. The third-order valence-corrected chi connectivity index (χ3v) is 5.47. The van der Waals surface area contributed by atoms with E-state index in [-0.39, 0.29) is 41.0 Å². The van der Waals surface area contributed by atoms with Crippen LogP contribution in [-0.2, 0) is 11.3 Å². The summed E-state index contributed by atoms with van der Waals surface area (Å²) in [5.41, 5.74) is 0.787. The molecule has 3 rings (SSSR count). The third kappa shape index (κ3) is 4.87. The van der Waals surface area contributed by atoms with Gasteiger partial charge in [-0.15, -0.1) is 24.9 Å². The van der Waals surface area contributed by atoms with Crippen molar-refractivity contribution < 1.29 is 36.6 Å². The molecule has 0 aromatic heterocycles. The molecule has 1 fully saturated rings. The fourth-order valence-corrected chi connectivity index (χ4v) is 4.19. The summed E-state index contributed by atoms with van der Waals surface area (Å²) in [5.74, 6) is -0.477. The van der Waals surface area contributed by atoms with Crippen LogP contribution in [0.4, 0.5) is 17.6 Å². The Morgan fingerprint density at radius 3 is 2.38 bits per heavy atom. The maximum atomic E-state index is 14.8. The molecule has 0 saturated carbocycles. The molecule has 1 unspecified atom stereocenters. The number of rotatable bonds is 6. The molecule has 1 aliphatic rings. The maximum absolute atomic E-state index is 14.8. The summed E-state index contributed by atoms with van der Waals surface area (Å²) < 4.78 is 65.8. The van der Waals surface area contributed by atoms with Crippen molar-refractivity contribution in [1.82, 2.24) is 4.90 Å². The first kappa shape index (κ1) is 21.1. The number of halogens is 4. The quantitative estimate of drug-likeness (QED) is 0.630. The van der Waals surface area contributed by atoms with Gasteiger partial charge in [-0.2, -0.15) is 0 Å². The molecule has 1 atom stereocenters. The monoisotopic (exact) mass is 431 g/mol. The number of methoxy groups -OCH3 is 2. The van der Waals surface area contributed by atoms with Crippen molar-refractivity contribution in [3.8, 4) is 17.2 Å². The van der Waals surface area contributed by atoms with Crippen molar-refractivity contribution in [3.63, 3.8) is 0 Å². The third-order valence-electron chi connectivity index (χ3n) is 4.25. The minimum atomic E-state index is -4.78. The van der Waals surface area contributed by atoms with Gasteiger partial charge in [-0.3, -0.25) is 4.79 Å². The highest BCUT2D eigenvalue weighted by Crippen LogP contribution is 2.45. The molecule has 29 heavy (non-hydrogen) atoms.